The molecule has 0 unspecified atom stereocenters. The van der Waals surface area contributed by atoms with Crippen LogP contribution in [-0.4, -0.2) is 33.4 Å². The molecule has 0 aliphatic carbocycles. The van der Waals surface area contributed by atoms with Crippen molar-refractivity contribution >= 4 is 11.3 Å². The van der Waals surface area contributed by atoms with Gasteiger partial charge in [0.1, 0.15) is 0 Å². The molecule has 0 atom stereocenters. The zero-order chi connectivity index (χ0) is 12.8. The van der Waals surface area contributed by atoms with Gasteiger partial charge in [-0.25, -0.2) is 0 Å². The summed E-state index contributed by atoms with van der Waals surface area (Å²) in [5.74, 6) is 0. The van der Waals surface area contributed by atoms with Gasteiger partial charge in [-0.2, -0.15) is 0 Å². The van der Waals surface area contributed by atoms with Gasteiger partial charge in [-0.05, 0) is 49.9 Å². The van der Waals surface area contributed by atoms with Gasteiger partial charge < -0.3 is 15.4 Å². The third-order valence-electron chi connectivity index (χ3n) is 3.87. The fraction of sp³-hybridized carbons (Fsp3) is 0.714. The van der Waals surface area contributed by atoms with E-state index in [0.717, 1.165) is 32.8 Å². The number of piperidine rings is 1. The van der Waals surface area contributed by atoms with Gasteiger partial charge in [-0.1, -0.05) is 0 Å². The maximum absolute atomic E-state index is 5.43. The molecule has 2 N–H and O–H groups in total. The van der Waals surface area contributed by atoms with Gasteiger partial charge in [-0.3, -0.25) is 0 Å². The molecule has 102 valence electrons. The van der Waals surface area contributed by atoms with Gasteiger partial charge in [-0.15, -0.1) is 11.3 Å². The molecule has 0 radical (unpaired) electrons. The Morgan fingerprint density at radius 2 is 2.22 bits per heavy atom. The average molecular weight is 268 g/mol. The number of hydrogen-bond acceptors (Lipinski definition) is 4. The van der Waals surface area contributed by atoms with Crippen molar-refractivity contribution in [3.05, 3.63) is 21.9 Å². The van der Waals surface area contributed by atoms with Crippen LogP contribution in [0.1, 0.15) is 23.3 Å². The summed E-state index contributed by atoms with van der Waals surface area (Å²) in [6, 6.07) is 2.19. The lowest BCUT2D eigenvalue weighted by Gasteiger charge is -2.37. The highest BCUT2D eigenvalue weighted by Crippen LogP contribution is 2.28. The zero-order valence-electron chi connectivity index (χ0n) is 11.4. The molecule has 1 aromatic rings. The van der Waals surface area contributed by atoms with Gasteiger partial charge in [0.25, 0.3) is 0 Å². The number of hydrogen-bond donors (Lipinski definition) is 2. The third-order valence-corrected chi connectivity index (χ3v) is 4.89. The van der Waals surface area contributed by atoms with Crippen LogP contribution in [0.3, 0.4) is 0 Å². The van der Waals surface area contributed by atoms with Crippen molar-refractivity contribution in [2.24, 2.45) is 5.41 Å². The molecule has 0 amide bonds. The molecule has 4 heteroatoms. The summed E-state index contributed by atoms with van der Waals surface area (Å²) >= 11 is 1.84. The maximum Gasteiger partial charge on any atom is 0.0531 e. The van der Waals surface area contributed by atoms with Crippen molar-refractivity contribution < 1.29 is 4.74 Å². The first-order valence-electron chi connectivity index (χ1n) is 6.69. The first-order chi connectivity index (χ1) is 8.76. The van der Waals surface area contributed by atoms with Crippen LogP contribution in [-0.2, 0) is 11.3 Å². The molecule has 0 saturated carbocycles. The van der Waals surface area contributed by atoms with E-state index in [-0.39, 0.29) is 0 Å². The van der Waals surface area contributed by atoms with E-state index in [4.69, 9.17) is 4.74 Å². The molecule has 2 heterocycles. The summed E-state index contributed by atoms with van der Waals surface area (Å²) in [6.45, 7) is 7.32. The van der Waals surface area contributed by atoms with Crippen LogP contribution >= 0.6 is 11.3 Å². The predicted octanol–water partition coefficient (Wildman–Crippen LogP) is 2.16. The molecule has 0 spiro atoms. The summed E-state index contributed by atoms with van der Waals surface area (Å²) in [5.41, 5.74) is 1.73. The second-order valence-electron chi connectivity index (χ2n) is 5.31. The Morgan fingerprint density at radius 1 is 1.44 bits per heavy atom. The minimum absolute atomic E-state index is 0.325. The van der Waals surface area contributed by atoms with Crippen molar-refractivity contribution in [3.8, 4) is 0 Å². The number of nitrogens with one attached hydrogen (secondary N) is 2. The zero-order valence-corrected chi connectivity index (χ0v) is 12.2. The van der Waals surface area contributed by atoms with Crippen LogP contribution in [0.2, 0.25) is 0 Å². The summed E-state index contributed by atoms with van der Waals surface area (Å²) < 4.78 is 5.43. The minimum Gasteiger partial charge on any atom is -0.384 e. The molecule has 1 aliphatic rings. The monoisotopic (exact) mass is 268 g/mol. The lowest BCUT2D eigenvalue weighted by atomic mass is 9.79. The van der Waals surface area contributed by atoms with Gasteiger partial charge in [0.15, 0.2) is 0 Å². The van der Waals surface area contributed by atoms with Gasteiger partial charge >= 0.3 is 0 Å². The molecule has 3 nitrogen and oxygen atoms in total. The van der Waals surface area contributed by atoms with E-state index in [0.29, 0.717) is 5.41 Å². The first kappa shape index (κ1) is 14.0. The van der Waals surface area contributed by atoms with E-state index in [1.54, 1.807) is 0 Å². The fourth-order valence-electron chi connectivity index (χ4n) is 2.66. The Morgan fingerprint density at radius 3 is 2.83 bits per heavy atom. The Labute approximate surface area is 114 Å². The van der Waals surface area contributed by atoms with E-state index in [1.807, 2.05) is 18.4 Å². The number of rotatable bonds is 6. The van der Waals surface area contributed by atoms with Crippen molar-refractivity contribution in [1.29, 1.82) is 0 Å². The lowest BCUT2D eigenvalue weighted by Crippen LogP contribution is -2.45. The van der Waals surface area contributed by atoms with Crippen LogP contribution in [0.5, 0.6) is 0 Å². The standard InChI is InChI=1S/C14H24N2OS/c1-12-3-8-18-13(12)9-16-10-14(11-17-2)4-6-15-7-5-14/h3,8,15-16H,4-7,9-11H2,1-2H3. The normalized spacial score (nSPS) is 19.0. The van der Waals surface area contributed by atoms with Crippen LogP contribution in [0, 0.1) is 12.3 Å². The first-order valence-corrected chi connectivity index (χ1v) is 7.57. The molecule has 0 bridgehead atoms. The van der Waals surface area contributed by atoms with E-state index in [2.05, 4.69) is 29.0 Å². The van der Waals surface area contributed by atoms with Gasteiger partial charge in [0.2, 0.25) is 0 Å². The quantitative estimate of drug-likeness (QED) is 0.829. The van der Waals surface area contributed by atoms with E-state index >= 15 is 0 Å². The summed E-state index contributed by atoms with van der Waals surface area (Å²) in [6.07, 6.45) is 2.41. The Bertz CT molecular complexity index is 353. The minimum atomic E-state index is 0.325. The topological polar surface area (TPSA) is 33.3 Å². The SMILES string of the molecule is COCC1(CNCc2sccc2C)CCNCC1. The molecule has 0 aromatic carbocycles. The number of ether oxygens (including phenoxy) is 1. The fourth-order valence-corrected chi connectivity index (χ4v) is 3.54. The number of aryl methyl sites for hydroxylation is 1. The van der Waals surface area contributed by atoms with Crippen molar-refractivity contribution in [2.75, 3.05) is 33.4 Å². The second-order valence-corrected chi connectivity index (χ2v) is 6.31. The molecular formula is C14H24N2OS. The smallest absolute Gasteiger partial charge is 0.0531 e. The van der Waals surface area contributed by atoms with Crippen molar-refractivity contribution in [2.45, 2.75) is 26.3 Å². The van der Waals surface area contributed by atoms with Crippen LogP contribution in [0.15, 0.2) is 11.4 Å². The van der Waals surface area contributed by atoms with Crippen molar-refractivity contribution in [1.82, 2.24) is 10.6 Å². The Hall–Kier alpha value is -0.420. The van der Waals surface area contributed by atoms with E-state index in [9.17, 15) is 0 Å². The largest absolute Gasteiger partial charge is 0.384 e. The van der Waals surface area contributed by atoms with Crippen LogP contribution in [0.4, 0.5) is 0 Å². The van der Waals surface area contributed by atoms with Gasteiger partial charge in [0.05, 0.1) is 6.61 Å². The number of thiophene rings is 1. The summed E-state index contributed by atoms with van der Waals surface area (Å²) in [4.78, 5) is 1.46. The third kappa shape index (κ3) is 3.54. The summed E-state index contributed by atoms with van der Waals surface area (Å²) in [7, 11) is 1.81. The van der Waals surface area contributed by atoms with Crippen LogP contribution < -0.4 is 10.6 Å². The molecule has 1 aromatic heterocycles. The molecule has 2 rings (SSSR count). The Kier molecular flexibility index (Phi) is 5.18. The molecular weight excluding hydrogens is 244 g/mol. The van der Waals surface area contributed by atoms with Gasteiger partial charge in [0, 0.05) is 30.5 Å². The van der Waals surface area contributed by atoms with Crippen molar-refractivity contribution in [3.63, 3.8) is 0 Å². The molecule has 1 saturated heterocycles. The second kappa shape index (κ2) is 6.66. The maximum atomic E-state index is 5.43. The van der Waals surface area contributed by atoms with E-state index < -0.39 is 0 Å². The molecule has 1 aliphatic heterocycles. The molecule has 18 heavy (non-hydrogen) atoms. The summed E-state index contributed by atoms with van der Waals surface area (Å²) in [5, 5.41) is 9.22. The highest BCUT2D eigenvalue weighted by Gasteiger charge is 2.31. The number of methoxy groups -OCH3 is 1. The highest BCUT2D eigenvalue weighted by molar-refractivity contribution is 7.10. The van der Waals surface area contributed by atoms with Crippen LogP contribution in [0.25, 0.3) is 0 Å². The Balaban J connectivity index is 1.84. The average Bonchev–Trinajstić information content (AvgIpc) is 2.77. The lowest BCUT2D eigenvalue weighted by molar-refractivity contribution is 0.0535. The van der Waals surface area contributed by atoms with E-state index in [1.165, 1.54) is 23.3 Å². The molecule has 1 fully saturated rings. The predicted molar refractivity (Wildman–Crippen MR) is 77.2 cm³/mol. The highest BCUT2D eigenvalue weighted by atomic mass is 32.1.